The number of rotatable bonds is 9. The predicted molar refractivity (Wildman–Crippen MR) is 114 cm³/mol. The standard InChI is InChI=1S/C23H26N4O2/c1-27(16-11-19-7-12-24-13-8-19)22-17-20(10-15-25-22)23(28)26-14-9-18-3-5-21(29-2)6-4-18/h3-8,10,12-13,15,17H,9,11,14,16H2,1-2H3,(H,26,28). The van der Waals surface area contributed by atoms with Crippen molar-refractivity contribution in [2.24, 2.45) is 0 Å². The number of amides is 1. The van der Waals surface area contributed by atoms with Gasteiger partial charge in [0.2, 0.25) is 0 Å². The Hall–Kier alpha value is -3.41. The molecule has 0 saturated heterocycles. The molecule has 3 rings (SSSR count). The Labute approximate surface area is 171 Å². The number of aromatic nitrogens is 2. The fourth-order valence-electron chi connectivity index (χ4n) is 2.94. The summed E-state index contributed by atoms with van der Waals surface area (Å²) in [6.07, 6.45) is 6.92. The van der Waals surface area contributed by atoms with Gasteiger partial charge in [-0.1, -0.05) is 12.1 Å². The molecule has 1 N–H and O–H groups in total. The van der Waals surface area contributed by atoms with E-state index in [0.29, 0.717) is 12.1 Å². The van der Waals surface area contributed by atoms with Crippen LogP contribution in [0.15, 0.2) is 67.1 Å². The monoisotopic (exact) mass is 390 g/mol. The molecule has 0 saturated carbocycles. The molecule has 0 atom stereocenters. The molecule has 150 valence electrons. The van der Waals surface area contributed by atoms with Crippen LogP contribution in [0.4, 0.5) is 5.82 Å². The van der Waals surface area contributed by atoms with Gasteiger partial charge < -0.3 is 15.0 Å². The molecule has 6 heteroatoms. The summed E-state index contributed by atoms with van der Waals surface area (Å²) in [6, 6.07) is 15.4. The average molecular weight is 390 g/mol. The number of nitrogens with one attached hydrogen (secondary N) is 1. The average Bonchev–Trinajstić information content (AvgIpc) is 2.78. The highest BCUT2D eigenvalue weighted by Gasteiger charge is 2.09. The van der Waals surface area contributed by atoms with Crippen molar-refractivity contribution in [1.29, 1.82) is 0 Å². The van der Waals surface area contributed by atoms with Gasteiger partial charge in [-0.3, -0.25) is 9.78 Å². The quantitative estimate of drug-likeness (QED) is 0.608. The third-order valence-corrected chi connectivity index (χ3v) is 4.74. The molecular formula is C23H26N4O2. The van der Waals surface area contributed by atoms with Crippen molar-refractivity contribution in [3.05, 3.63) is 83.8 Å². The molecule has 1 aromatic carbocycles. The summed E-state index contributed by atoms with van der Waals surface area (Å²) in [5.74, 6) is 1.52. The lowest BCUT2D eigenvalue weighted by Crippen LogP contribution is -2.26. The second-order valence-electron chi connectivity index (χ2n) is 6.78. The van der Waals surface area contributed by atoms with Crippen LogP contribution in [0.1, 0.15) is 21.5 Å². The third kappa shape index (κ3) is 6.04. The Morgan fingerprint density at radius 1 is 1.00 bits per heavy atom. The van der Waals surface area contributed by atoms with Gasteiger partial charge in [-0.2, -0.15) is 0 Å². The Bertz CT molecular complexity index is 914. The molecule has 2 aromatic heterocycles. The minimum atomic E-state index is -0.0929. The molecule has 6 nitrogen and oxygen atoms in total. The zero-order valence-corrected chi connectivity index (χ0v) is 16.8. The lowest BCUT2D eigenvalue weighted by Gasteiger charge is -2.18. The molecule has 0 aliphatic carbocycles. The maximum atomic E-state index is 12.5. The zero-order valence-electron chi connectivity index (χ0n) is 16.8. The number of nitrogens with zero attached hydrogens (tertiary/aromatic N) is 3. The summed E-state index contributed by atoms with van der Waals surface area (Å²) >= 11 is 0. The Balaban J connectivity index is 1.51. The molecule has 1 amide bonds. The minimum absolute atomic E-state index is 0.0929. The third-order valence-electron chi connectivity index (χ3n) is 4.74. The molecule has 0 fully saturated rings. The van der Waals surface area contributed by atoms with E-state index in [4.69, 9.17) is 4.74 Å². The molecule has 0 radical (unpaired) electrons. The van der Waals surface area contributed by atoms with Crippen molar-refractivity contribution in [2.45, 2.75) is 12.8 Å². The maximum Gasteiger partial charge on any atom is 0.251 e. The van der Waals surface area contributed by atoms with Crippen molar-refractivity contribution < 1.29 is 9.53 Å². The van der Waals surface area contributed by atoms with E-state index in [-0.39, 0.29) is 5.91 Å². The van der Waals surface area contributed by atoms with E-state index in [2.05, 4.69) is 20.2 Å². The van der Waals surface area contributed by atoms with Crippen LogP contribution in [0.2, 0.25) is 0 Å². The van der Waals surface area contributed by atoms with Crippen molar-refractivity contribution in [3.63, 3.8) is 0 Å². The van der Waals surface area contributed by atoms with E-state index in [1.807, 2.05) is 49.5 Å². The second kappa shape index (κ2) is 10.2. The smallest absolute Gasteiger partial charge is 0.251 e. The lowest BCUT2D eigenvalue weighted by molar-refractivity contribution is 0.0954. The Morgan fingerprint density at radius 2 is 1.72 bits per heavy atom. The largest absolute Gasteiger partial charge is 0.497 e. The predicted octanol–water partition coefficient (Wildman–Crippen LogP) is 3.14. The number of hydrogen-bond acceptors (Lipinski definition) is 5. The first kappa shape index (κ1) is 20.3. The molecular weight excluding hydrogens is 364 g/mol. The van der Waals surface area contributed by atoms with Crippen LogP contribution in [-0.4, -0.2) is 43.1 Å². The van der Waals surface area contributed by atoms with Crippen molar-refractivity contribution in [1.82, 2.24) is 15.3 Å². The van der Waals surface area contributed by atoms with Gasteiger partial charge in [0.15, 0.2) is 0 Å². The number of carbonyl (C=O) groups is 1. The molecule has 0 spiro atoms. The maximum absolute atomic E-state index is 12.5. The summed E-state index contributed by atoms with van der Waals surface area (Å²) in [4.78, 5) is 23.0. The number of hydrogen-bond donors (Lipinski definition) is 1. The summed E-state index contributed by atoms with van der Waals surface area (Å²) in [5.41, 5.74) is 2.98. The molecule has 0 aliphatic heterocycles. The van der Waals surface area contributed by atoms with E-state index < -0.39 is 0 Å². The molecule has 0 aliphatic rings. The van der Waals surface area contributed by atoms with Crippen LogP contribution < -0.4 is 15.0 Å². The number of methoxy groups -OCH3 is 1. The van der Waals surface area contributed by atoms with Gasteiger partial charge in [0.05, 0.1) is 7.11 Å². The summed E-state index contributed by atoms with van der Waals surface area (Å²) in [5, 5.41) is 2.98. The summed E-state index contributed by atoms with van der Waals surface area (Å²) < 4.78 is 5.16. The molecule has 2 heterocycles. The van der Waals surface area contributed by atoms with Gasteiger partial charge in [-0.25, -0.2) is 4.98 Å². The molecule has 3 aromatic rings. The fourth-order valence-corrected chi connectivity index (χ4v) is 2.94. The van der Waals surface area contributed by atoms with Gasteiger partial charge in [0, 0.05) is 44.3 Å². The Kier molecular flexibility index (Phi) is 7.16. The van der Waals surface area contributed by atoms with E-state index in [0.717, 1.165) is 36.5 Å². The van der Waals surface area contributed by atoms with Gasteiger partial charge in [0.25, 0.3) is 5.91 Å². The van der Waals surface area contributed by atoms with Crippen molar-refractivity contribution in [2.75, 3.05) is 32.1 Å². The zero-order chi connectivity index (χ0) is 20.5. The number of ether oxygens (including phenoxy) is 1. The van der Waals surface area contributed by atoms with Crippen LogP contribution in [0, 0.1) is 0 Å². The van der Waals surface area contributed by atoms with Gasteiger partial charge in [-0.15, -0.1) is 0 Å². The van der Waals surface area contributed by atoms with Crippen LogP contribution in [-0.2, 0) is 12.8 Å². The summed E-state index contributed by atoms with van der Waals surface area (Å²) in [7, 11) is 3.63. The fraction of sp³-hybridized carbons (Fsp3) is 0.261. The normalized spacial score (nSPS) is 10.4. The molecule has 0 bridgehead atoms. The Morgan fingerprint density at radius 3 is 2.45 bits per heavy atom. The topological polar surface area (TPSA) is 67.3 Å². The molecule has 0 unspecified atom stereocenters. The highest BCUT2D eigenvalue weighted by atomic mass is 16.5. The van der Waals surface area contributed by atoms with Crippen molar-refractivity contribution in [3.8, 4) is 5.75 Å². The van der Waals surface area contributed by atoms with Gasteiger partial charge in [-0.05, 0) is 60.4 Å². The number of anilines is 1. The van der Waals surface area contributed by atoms with Gasteiger partial charge >= 0.3 is 0 Å². The lowest BCUT2D eigenvalue weighted by atomic mass is 10.1. The number of benzene rings is 1. The van der Waals surface area contributed by atoms with Crippen LogP contribution >= 0.6 is 0 Å². The van der Waals surface area contributed by atoms with Gasteiger partial charge in [0.1, 0.15) is 11.6 Å². The first-order chi connectivity index (χ1) is 14.2. The van der Waals surface area contributed by atoms with E-state index in [9.17, 15) is 4.79 Å². The SMILES string of the molecule is COc1ccc(CCNC(=O)c2ccnc(N(C)CCc3ccncc3)c2)cc1. The number of pyridine rings is 2. The second-order valence-corrected chi connectivity index (χ2v) is 6.78. The minimum Gasteiger partial charge on any atom is -0.497 e. The molecule has 29 heavy (non-hydrogen) atoms. The highest BCUT2D eigenvalue weighted by Crippen LogP contribution is 2.13. The van der Waals surface area contributed by atoms with Crippen LogP contribution in [0.3, 0.4) is 0 Å². The van der Waals surface area contributed by atoms with Crippen LogP contribution in [0.5, 0.6) is 5.75 Å². The highest BCUT2D eigenvalue weighted by molar-refractivity contribution is 5.94. The van der Waals surface area contributed by atoms with E-state index >= 15 is 0 Å². The van der Waals surface area contributed by atoms with E-state index in [1.54, 1.807) is 31.8 Å². The first-order valence-corrected chi connectivity index (χ1v) is 9.63. The summed E-state index contributed by atoms with van der Waals surface area (Å²) in [6.45, 7) is 1.38. The number of carbonyl (C=O) groups excluding carboxylic acids is 1. The first-order valence-electron chi connectivity index (χ1n) is 9.63. The number of likely N-dealkylation sites (N-methyl/N-ethyl adjacent to an activating group) is 1. The van der Waals surface area contributed by atoms with E-state index in [1.165, 1.54) is 5.56 Å². The van der Waals surface area contributed by atoms with Crippen LogP contribution in [0.25, 0.3) is 0 Å². The van der Waals surface area contributed by atoms with Crippen molar-refractivity contribution >= 4 is 11.7 Å².